The molecule has 0 aromatic heterocycles. The van der Waals surface area contributed by atoms with E-state index in [1.165, 1.54) is 0 Å². The fourth-order valence-electron chi connectivity index (χ4n) is 2.34. The number of halogens is 1. The number of nitrogen functional groups attached to an aromatic ring is 1. The molecule has 1 saturated heterocycles. The number of benzene rings is 1. The summed E-state index contributed by atoms with van der Waals surface area (Å²) >= 11 is 0. The first-order chi connectivity index (χ1) is 9.54. The molecule has 1 atom stereocenters. The van der Waals surface area contributed by atoms with Gasteiger partial charge in [0.1, 0.15) is 0 Å². The number of carbonyl (C=O) groups excluding carboxylic acids is 2. The molecule has 0 spiro atoms. The van der Waals surface area contributed by atoms with E-state index in [-0.39, 0.29) is 43.4 Å². The van der Waals surface area contributed by atoms with Crippen LogP contribution in [-0.2, 0) is 9.59 Å². The zero-order valence-corrected chi connectivity index (χ0v) is 12.2. The van der Waals surface area contributed by atoms with Crippen molar-refractivity contribution >= 4 is 35.6 Å². The summed E-state index contributed by atoms with van der Waals surface area (Å²) in [5.74, 6) is 0.528. The van der Waals surface area contributed by atoms with E-state index in [4.69, 9.17) is 15.2 Å². The van der Waals surface area contributed by atoms with Crippen LogP contribution < -0.4 is 20.5 Å². The first kappa shape index (κ1) is 15.2. The number of likely N-dealkylation sites (tertiary alicyclic amines) is 1. The molecule has 2 aliphatic rings. The van der Waals surface area contributed by atoms with E-state index in [9.17, 15) is 9.59 Å². The Bertz CT molecular complexity index is 593. The lowest BCUT2D eigenvalue weighted by Crippen LogP contribution is -2.26. The van der Waals surface area contributed by atoms with Gasteiger partial charge in [-0.25, -0.2) is 0 Å². The number of hydrogen-bond donors (Lipinski definition) is 2. The third-order valence-electron chi connectivity index (χ3n) is 3.51. The Balaban J connectivity index is 0.00000161. The van der Waals surface area contributed by atoms with Gasteiger partial charge in [0.15, 0.2) is 11.5 Å². The zero-order valence-electron chi connectivity index (χ0n) is 11.4. The fraction of sp³-hybridized carbons (Fsp3) is 0.385. The van der Waals surface area contributed by atoms with E-state index in [0.29, 0.717) is 29.4 Å². The monoisotopic (exact) mass is 313 g/mol. The van der Waals surface area contributed by atoms with E-state index in [1.54, 1.807) is 24.1 Å². The van der Waals surface area contributed by atoms with Crippen LogP contribution >= 0.6 is 12.4 Å². The van der Waals surface area contributed by atoms with Crippen LogP contribution in [0.3, 0.4) is 0 Å². The number of nitrogens with one attached hydrogen (secondary N) is 1. The molecule has 114 valence electrons. The lowest BCUT2D eigenvalue weighted by Gasteiger charge is -2.13. The van der Waals surface area contributed by atoms with Crippen LogP contribution in [0.2, 0.25) is 0 Å². The van der Waals surface area contributed by atoms with Gasteiger partial charge in [0.25, 0.3) is 0 Å². The molecular weight excluding hydrogens is 298 g/mol. The third-order valence-corrected chi connectivity index (χ3v) is 3.51. The minimum atomic E-state index is -0.350. The molecule has 1 aromatic rings. The lowest BCUT2D eigenvalue weighted by atomic mass is 10.1. The summed E-state index contributed by atoms with van der Waals surface area (Å²) in [6.45, 7) is 0.573. The summed E-state index contributed by atoms with van der Waals surface area (Å²) in [7, 11) is 1.69. The standard InChI is InChI=1S/C13H15N3O4.ClH/c1-16-5-7(2-12(16)17)13(18)15-9-4-11-10(3-8(9)14)19-6-20-11;/h3-4,7H,2,5-6,14H2,1H3,(H,15,18);1H. The third kappa shape index (κ3) is 2.82. The maximum atomic E-state index is 12.1. The van der Waals surface area contributed by atoms with E-state index in [1.807, 2.05) is 0 Å². The molecule has 3 N–H and O–H groups in total. The average Bonchev–Trinajstić information content (AvgIpc) is 2.97. The molecule has 0 aliphatic carbocycles. The van der Waals surface area contributed by atoms with Gasteiger partial charge in [-0.15, -0.1) is 12.4 Å². The van der Waals surface area contributed by atoms with Gasteiger partial charge in [-0.2, -0.15) is 0 Å². The van der Waals surface area contributed by atoms with Crippen LogP contribution in [0.5, 0.6) is 11.5 Å². The Hall–Kier alpha value is -2.15. The summed E-state index contributed by atoms with van der Waals surface area (Å²) in [4.78, 5) is 25.1. The smallest absolute Gasteiger partial charge is 0.231 e. The molecule has 0 saturated carbocycles. The van der Waals surface area contributed by atoms with Gasteiger partial charge >= 0.3 is 0 Å². The molecule has 2 aliphatic heterocycles. The Morgan fingerprint density at radius 3 is 2.67 bits per heavy atom. The number of fused-ring (bicyclic) bond motifs is 1. The molecule has 2 amide bonds. The Kier molecular flexibility index (Phi) is 4.13. The van der Waals surface area contributed by atoms with Gasteiger partial charge in [0.2, 0.25) is 18.6 Å². The summed E-state index contributed by atoms with van der Waals surface area (Å²) < 4.78 is 10.4. The molecule has 1 fully saturated rings. The summed E-state index contributed by atoms with van der Waals surface area (Å²) in [6, 6.07) is 3.25. The first-order valence-corrected chi connectivity index (χ1v) is 6.28. The molecule has 1 unspecified atom stereocenters. The minimum absolute atomic E-state index is 0. The Morgan fingerprint density at radius 2 is 2.05 bits per heavy atom. The SMILES string of the molecule is CN1CC(C(=O)Nc2cc3c(cc2N)OCO3)CC1=O.Cl. The van der Waals surface area contributed by atoms with E-state index < -0.39 is 0 Å². The average molecular weight is 314 g/mol. The highest BCUT2D eigenvalue weighted by Gasteiger charge is 2.32. The highest BCUT2D eigenvalue weighted by atomic mass is 35.5. The molecule has 0 bridgehead atoms. The maximum absolute atomic E-state index is 12.1. The number of nitrogens with zero attached hydrogens (tertiary/aromatic N) is 1. The highest BCUT2D eigenvalue weighted by Crippen LogP contribution is 2.38. The number of rotatable bonds is 2. The number of amides is 2. The van der Waals surface area contributed by atoms with Gasteiger partial charge in [0.05, 0.1) is 17.3 Å². The molecule has 7 nitrogen and oxygen atoms in total. The topological polar surface area (TPSA) is 93.9 Å². The van der Waals surface area contributed by atoms with Crippen LogP contribution in [0.4, 0.5) is 11.4 Å². The van der Waals surface area contributed by atoms with Crippen molar-refractivity contribution in [2.24, 2.45) is 5.92 Å². The van der Waals surface area contributed by atoms with Crippen molar-refractivity contribution in [1.82, 2.24) is 4.90 Å². The lowest BCUT2D eigenvalue weighted by molar-refractivity contribution is -0.127. The van der Waals surface area contributed by atoms with E-state index in [0.717, 1.165) is 0 Å². The second-order valence-corrected chi connectivity index (χ2v) is 4.96. The minimum Gasteiger partial charge on any atom is -0.454 e. The summed E-state index contributed by atoms with van der Waals surface area (Å²) in [6.07, 6.45) is 0.229. The number of nitrogens with two attached hydrogens (primary N) is 1. The molecule has 1 aromatic carbocycles. The second-order valence-electron chi connectivity index (χ2n) is 4.96. The van der Waals surface area contributed by atoms with Gasteiger partial charge in [-0.05, 0) is 0 Å². The largest absolute Gasteiger partial charge is 0.454 e. The number of carbonyl (C=O) groups is 2. The maximum Gasteiger partial charge on any atom is 0.231 e. The van der Waals surface area contributed by atoms with Gasteiger partial charge in [0, 0.05) is 32.1 Å². The molecule has 3 rings (SSSR count). The van der Waals surface area contributed by atoms with Crippen LogP contribution in [0, 0.1) is 5.92 Å². The van der Waals surface area contributed by atoms with Crippen molar-refractivity contribution in [3.63, 3.8) is 0 Å². The quantitative estimate of drug-likeness (QED) is 0.789. The predicted molar refractivity (Wildman–Crippen MR) is 78.6 cm³/mol. The van der Waals surface area contributed by atoms with Crippen LogP contribution in [0.25, 0.3) is 0 Å². The first-order valence-electron chi connectivity index (χ1n) is 6.28. The summed E-state index contributed by atoms with van der Waals surface area (Å²) in [5, 5.41) is 2.74. The van der Waals surface area contributed by atoms with Crippen LogP contribution in [-0.4, -0.2) is 37.1 Å². The van der Waals surface area contributed by atoms with Gasteiger partial charge in [-0.3, -0.25) is 9.59 Å². The van der Waals surface area contributed by atoms with E-state index >= 15 is 0 Å². The second kappa shape index (κ2) is 5.69. The van der Waals surface area contributed by atoms with Crippen molar-refractivity contribution in [3.8, 4) is 11.5 Å². The van der Waals surface area contributed by atoms with Crippen molar-refractivity contribution in [3.05, 3.63) is 12.1 Å². The molecular formula is C13H16ClN3O4. The Morgan fingerprint density at radius 1 is 1.38 bits per heavy atom. The van der Waals surface area contributed by atoms with Crippen molar-refractivity contribution in [1.29, 1.82) is 0 Å². The van der Waals surface area contributed by atoms with Crippen LogP contribution in [0.1, 0.15) is 6.42 Å². The number of ether oxygens (including phenoxy) is 2. The van der Waals surface area contributed by atoms with Gasteiger partial charge in [-0.1, -0.05) is 0 Å². The van der Waals surface area contributed by atoms with E-state index in [2.05, 4.69) is 5.32 Å². The fourth-order valence-corrected chi connectivity index (χ4v) is 2.34. The number of anilines is 2. The molecule has 0 radical (unpaired) electrons. The summed E-state index contributed by atoms with van der Waals surface area (Å²) in [5.41, 5.74) is 6.74. The molecule has 8 heteroatoms. The van der Waals surface area contributed by atoms with Crippen molar-refractivity contribution in [2.75, 3.05) is 31.4 Å². The van der Waals surface area contributed by atoms with Crippen molar-refractivity contribution < 1.29 is 19.1 Å². The predicted octanol–water partition coefficient (Wildman–Crippen LogP) is 0.836. The zero-order chi connectivity index (χ0) is 14.3. The molecule has 2 heterocycles. The van der Waals surface area contributed by atoms with Gasteiger partial charge < -0.3 is 25.4 Å². The van der Waals surface area contributed by atoms with Crippen molar-refractivity contribution in [2.45, 2.75) is 6.42 Å². The number of hydrogen-bond acceptors (Lipinski definition) is 5. The Labute approximate surface area is 127 Å². The normalized spacial score (nSPS) is 19.4. The highest BCUT2D eigenvalue weighted by molar-refractivity contribution is 5.99. The molecule has 21 heavy (non-hydrogen) atoms. The van der Waals surface area contributed by atoms with Crippen LogP contribution in [0.15, 0.2) is 12.1 Å².